The lowest BCUT2D eigenvalue weighted by Gasteiger charge is -2.26. The number of nitrogens with one attached hydrogen (secondary N) is 1. The lowest BCUT2D eigenvalue weighted by atomic mass is 9.94. The minimum Gasteiger partial charge on any atom is -0.507 e. The van der Waals surface area contributed by atoms with E-state index in [4.69, 9.17) is 4.74 Å². The second-order valence-corrected chi connectivity index (χ2v) is 10.0. The second kappa shape index (κ2) is 11.0. The van der Waals surface area contributed by atoms with Gasteiger partial charge in [0, 0.05) is 43.6 Å². The van der Waals surface area contributed by atoms with Gasteiger partial charge in [-0.15, -0.1) is 0 Å². The Labute approximate surface area is 228 Å². The molecule has 1 atom stereocenters. The second-order valence-electron chi connectivity index (χ2n) is 10.0. The van der Waals surface area contributed by atoms with Gasteiger partial charge < -0.3 is 20.1 Å². The molecule has 2 N–H and O–H groups in total. The Morgan fingerprint density at radius 2 is 1.64 bits per heavy atom. The summed E-state index contributed by atoms with van der Waals surface area (Å²) < 4.78 is 5.82. The van der Waals surface area contributed by atoms with Crippen molar-refractivity contribution in [3.8, 4) is 5.75 Å². The first-order valence-electron chi connectivity index (χ1n) is 12.7. The number of amides is 2. The van der Waals surface area contributed by atoms with E-state index in [9.17, 15) is 19.5 Å². The van der Waals surface area contributed by atoms with Crippen molar-refractivity contribution in [2.24, 2.45) is 0 Å². The number of hydrogen-bond acceptors (Lipinski definition) is 6. The van der Waals surface area contributed by atoms with Crippen LogP contribution in [-0.2, 0) is 14.4 Å². The van der Waals surface area contributed by atoms with Crippen LogP contribution in [0.4, 0.5) is 17.1 Å². The van der Waals surface area contributed by atoms with Crippen LogP contribution >= 0.6 is 0 Å². The van der Waals surface area contributed by atoms with Crippen LogP contribution in [0.25, 0.3) is 5.76 Å². The Hall–Kier alpha value is -4.59. The van der Waals surface area contributed by atoms with E-state index in [0.717, 1.165) is 11.3 Å². The highest BCUT2D eigenvalue weighted by Gasteiger charge is 2.47. The van der Waals surface area contributed by atoms with Crippen molar-refractivity contribution in [3.05, 3.63) is 89.0 Å². The predicted octanol–water partition coefficient (Wildman–Crippen LogP) is 5.43. The number of rotatable bonds is 7. The van der Waals surface area contributed by atoms with Crippen molar-refractivity contribution in [3.63, 3.8) is 0 Å². The number of Topliss-reactive ketones (excluding diaryl/α,β-unsaturated/α-hetero) is 1. The molecule has 3 aromatic rings. The first kappa shape index (κ1) is 27.4. The smallest absolute Gasteiger partial charge is 0.300 e. The van der Waals surface area contributed by atoms with E-state index in [-0.39, 0.29) is 23.3 Å². The molecule has 0 bridgehead atoms. The summed E-state index contributed by atoms with van der Waals surface area (Å²) in [7, 11) is 3.85. The molecular weight excluding hydrogens is 494 g/mol. The molecule has 2 amide bonds. The van der Waals surface area contributed by atoms with Crippen molar-refractivity contribution in [1.29, 1.82) is 0 Å². The summed E-state index contributed by atoms with van der Waals surface area (Å²) in [5.74, 6) is -1.32. The fourth-order valence-corrected chi connectivity index (χ4v) is 4.62. The Bertz CT molecular complexity index is 1440. The molecule has 8 nitrogen and oxygen atoms in total. The number of aliphatic hydroxyl groups is 1. The van der Waals surface area contributed by atoms with Gasteiger partial charge in [0.1, 0.15) is 11.5 Å². The number of ether oxygens (including phenoxy) is 1. The SMILES string of the molecule is CC(=O)Nc1ccc(N2C(=O)C(=O)/C(=C(\O)c3ccc(OC(C)C)c(C)c3)C2c2ccc(N(C)C)cc2)cc1. The van der Waals surface area contributed by atoms with E-state index >= 15 is 0 Å². The average Bonchev–Trinajstić information content (AvgIpc) is 3.15. The van der Waals surface area contributed by atoms with Crippen molar-refractivity contribution >= 4 is 40.4 Å². The Morgan fingerprint density at radius 1 is 1.00 bits per heavy atom. The van der Waals surface area contributed by atoms with Gasteiger partial charge in [-0.05, 0) is 86.5 Å². The maximum Gasteiger partial charge on any atom is 0.300 e. The third-order valence-electron chi connectivity index (χ3n) is 6.45. The number of aryl methyl sites for hydroxylation is 1. The van der Waals surface area contributed by atoms with E-state index in [0.29, 0.717) is 28.3 Å². The van der Waals surface area contributed by atoms with Gasteiger partial charge in [-0.25, -0.2) is 0 Å². The van der Waals surface area contributed by atoms with Crippen LogP contribution in [0.15, 0.2) is 72.3 Å². The van der Waals surface area contributed by atoms with Crippen molar-refractivity contribution < 1.29 is 24.2 Å². The van der Waals surface area contributed by atoms with Crippen LogP contribution in [0.1, 0.15) is 43.5 Å². The molecule has 0 aromatic heterocycles. The first-order valence-corrected chi connectivity index (χ1v) is 12.7. The molecule has 202 valence electrons. The van der Waals surface area contributed by atoms with Gasteiger partial charge >= 0.3 is 0 Å². The molecule has 0 radical (unpaired) electrons. The Balaban J connectivity index is 1.85. The summed E-state index contributed by atoms with van der Waals surface area (Å²) in [6.45, 7) is 7.13. The molecule has 1 aliphatic heterocycles. The minimum atomic E-state index is -0.861. The third-order valence-corrected chi connectivity index (χ3v) is 6.45. The van der Waals surface area contributed by atoms with Crippen LogP contribution in [0, 0.1) is 6.92 Å². The number of hydrogen-bond donors (Lipinski definition) is 2. The Morgan fingerprint density at radius 3 is 2.18 bits per heavy atom. The van der Waals surface area contributed by atoms with E-state index in [1.54, 1.807) is 42.5 Å². The molecule has 1 aliphatic rings. The quantitative estimate of drug-likeness (QED) is 0.241. The van der Waals surface area contributed by atoms with E-state index in [2.05, 4.69) is 5.32 Å². The number of aliphatic hydroxyl groups excluding tert-OH is 1. The molecule has 0 spiro atoms. The number of carbonyl (C=O) groups is 3. The summed E-state index contributed by atoms with van der Waals surface area (Å²) in [5.41, 5.74) is 3.86. The summed E-state index contributed by atoms with van der Waals surface area (Å²) >= 11 is 0. The predicted molar refractivity (Wildman–Crippen MR) is 153 cm³/mol. The van der Waals surface area contributed by atoms with Crippen LogP contribution in [0.2, 0.25) is 0 Å². The lowest BCUT2D eigenvalue weighted by molar-refractivity contribution is -0.132. The van der Waals surface area contributed by atoms with Gasteiger partial charge in [0.2, 0.25) is 5.91 Å². The van der Waals surface area contributed by atoms with Crippen molar-refractivity contribution in [2.45, 2.75) is 39.8 Å². The standard InChI is InChI=1S/C31H33N3O5/c1-18(2)39-26-16-9-22(17-19(26)3)29(36)27-28(21-7-12-24(13-8-21)33(5)6)34(31(38)30(27)37)25-14-10-23(11-15-25)32-20(4)35/h7-18,28,36H,1-6H3,(H,32,35)/b29-27-. The largest absolute Gasteiger partial charge is 0.507 e. The zero-order valence-electron chi connectivity index (χ0n) is 23.0. The van der Waals surface area contributed by atoms with Crippen LogP contribution in [-0.4, -0.2) is 42.9 Å². The molecule has 39 heavy (non-hydrogen) atoms. The fraction of sp³-hybridized carbons (Fsp3) is 0.258. The van der Waals surface area contributed by atoms with Gasteiger partial charge in [-0.3, -0.25) is 19.3 Å². The molecule has 0 saturated carbocycles. The van der Waals surface area contributed by atoms with Crippen molar-refractivity contribution in [1.82, 2.24) is 0 Å². The highest BCUT2D eigenvalue weighted by Crippen LogP contribution is 2.43. The minimum absolute atomic E-state index is 0.000434. The van der Waals surface area contributed by atoms with Gasteiger partial charge in [0.05, 0.1) is 17.7 Å². The molecule has 8 heteroatoms. The molecular formula is C31H33N3O5. The number of benzene rings is 3. The molecule has 0 aliphatic carbocycles. The van der Waals surface area contributed by atoms with Crippen LogP contribution in [0.3, 0.4) is 0 Å². The van der Waals surface area contributed by atoms with Crippen LogP contribution < -0.4 is 19.9 Å². The van der Waals surface area contributed by atoms with Crippen molar-refractivity contribution in [2.75, 3.05) is 29.2 Å². The number of anilines is 3. The maximum atomic E-state index is 13.5. The molecule has 4 rings (SSSR count). The highest BCUT2D eigenvalue weighted by atomic mass is 16.5. The van der Waals surface area contributed by atoms with Gasteiger partial charge in [-0.1, -0.05) is 12.1 Å². The summed E-state index contributed by atoms with van der Waals surface area (Å²) in [4.78, 5) is 41.7. The van der Waals surface area contributed by atoms with E-state index < -0.39 is 17.7 Å². The summed E-state index contributed by atoms with van der Waals surface area (Å²) in [5, 5.41) is 14.2. The highest BCUT2D eigenvalue weighted by molar-refractivity contribution is 6.51. The normalized spacial score (nSPS) is 16.5. The average molecular weight is 528 g/mol. The van der Waals surface area contributed by atoms with E-state index in [1.807, 2.05) is 64.0 Å². The zero-order valence-corrected chi connectivity index (χ0v) is 23.0. The van der Waals surface area contributed by atoms with Gasteiger partial charge in [0.15, 0.2) is 0 Å². The Kier molecular flexibility index (Phi) is 7.76. The van der Waals surface area contributed by atoms with E-state index in [1.165, 1.54) is 11.8 Å². The number of nitrogens with zero attached hydrogens (tertiary/aromatic N) is 2. The fourth-order valence-electron chi connectivity index (χ4n) is 4.62. The van der Waals surface area contributed by atoms with Gasteiger partial charge in [0.25, 0.3) is 11.7 Å². The zero-order chi connectivity index (χ0) is 28.4. The summed E-state index contributed by atoms with van der Waals surface area (Å²) in [6.07, 6.45) is -0.0179. The number of carbonyl (C=O) groups excluding carboxylic acids is 3. The lowest BCUT2D eigenvalue weighted by Crippen LogP contribution is -2.29. The topological polar surface area (TPSA) is 99.2 Å². The number of ketones is 1. The maximum absolute atomic E-state index is 13.5. The molecule has 1 heterocycles. The molecule has 1 unspecified atom stereocenters. The molecule has 3 aromatic carbocycles. The molecule has 1 saturated heterocycles. The first-order chi connectivity index (χ1) is 18.5. The van der Waals surface area contributed by atoms with Crippen LogP contribution in [0.5, 0.6) is 5.75 Å². The monoisotopic (exact) mass is 527 g/mol. The summed E-state index contributed by atoms with van der Waals surface area (Å²) in [6, 6.07) is 18.5. The third kappa shape index (κ3) is 5.65. The molecule has 1 fully saturated rings. The van der Waals surface area contributed by atoms with Gasteiger partial charge in [-0.2, -0.15) is 0 Å².